The largest absolute Gasteiger partial charge is 0.478 e. The molecule has 17 heavy (non-hydrogen) atoms. The Hall–Kier alpha value is -1.10. The third-order valence-corrected chi connectivity index (χ3v) is 4.23. The van der Waals surface area contributed by atoms with Crippen molar-refractivity contribution < 1.29 is 14.3 Å². The van der Waals surface area contributed by atoms with Gasteiger partial charge in [0.2, 0.25) is 0 Å². The van der Waals surface area contributed by atoms with Crippen LogP contribution in [-0.2, 0) is 0 Å². The number of rotatable bonds is 3. The molecule has 0 radical (unpaired) electrons. The van der Waals surface area contributed by atoms with E-state index in [1.807, 2.05) is 0 Å². The van der Waals surface area contributed by atoms with Crippen molar-refractivity contribution in [2.24, 2.45) is 0 Å². The van der Waals surface area contributed by atoms with Gasteiger partial charge in [-0.1, -0.05) is 19.3 Å². The predicted molar refractivity (Wildman–Crippen MR) is 63.9 cm³/mol. The van der Waals surface area contributed by atoms with E-state index >= 15 is 0 Å². The van der Waals surface area contributed by atoms with Gasteiger partial charge in [-0.2, -0.15) is 0 Å². The fraction of sp³-hybridized carbons (Fsp3) is 0.500. The Morgan fingerprint density at radius 1 is 1.41 bits per heavy atom. The molecule has 0 unspecified atom stereocenters. The first-order valence-corrected chi connectivity index (χ1v) is 6.61. The SMILES string of the molecule is O=C(O)c1ccnc(SC2CCCCC2)c1F. The molecule has 5 heteroatoms. The normalized spacial score (nSPS) is 17.0. The molecule has 0 amide bonds. The first-order chi connectivity index (χ1) is 8.18. The van der Waals surface area contributed by atoms with Crippen LogP contribution in [0.5, 0.6) is 0 Å². The zero-order valence-corrected chi connectivity index (χ0v) is 10.2. The number of nitrogens with zero attached hydrogens (tertiary/aromatic N) is 1. The van der Waals surface area contributed by atoms with Crippen LogP contribution < -0.4 is 0 Å². The molecule has 1 aliphatic carbocycles. The lowest BCUT2D eigenvalue weighted by Gasteiger charge is -2.20. The van der Waals surface area contributed by atoms with Crippen LogP contribution in [0.4, 0.5) is 4.39 Å². The summed E-state index contributed by atoms with van der Waals surface area (Å²) in [6.07, 6.45) is 7.04. The van der Waals surface area contributed by atoms with Crippen molar-refractivity contribution in [3.8, 4) is 0 Å². The highest BCUT2D eigenvalue weighted by Gasteiger charge is 2.20. The Balaban J connectivity index is 2.15. The van der Waals surface area contributed by atoms with Crippen LogP contribution in [0.25, 0.3) is 0 Å². The summed E-state index contributed by atoms with van der Waals surface area (Å²) in [5, 5.41) is 9.41. The highest BCUT2D eigenvalue weighted by Crippen LogP contribution is 2.34. The highest BCUT2D eigenvalue weighted by atomic mass is 32.2. The second-order valence-corrected chi connectivity index (χ2v) is 5.45. The summed E-state index contributed by atoms with van der Waals surface area (Å²) in [7, 11) is 0. The summed E-state index contributed by atoms with van der Waals surface area (Å²) < 4.78 is 13.8. The van der Waals surface area contributed by atoms with Gasteiger partial charge in [0.15, 0.2) is 5.82 Å². The maximum atomic E-state index is 13.8. The number of carboxylic acid groups (broad SMARTS) is 1. The van der Waals surface area contributed by atoms with E-state index in [4.69, 9.17) is 5.11 Å². The Bertz CT molecular complexity index is 419. The highest BCUT2D eigenvalue weighted by molar-refractivity contribution is 7.99. The molecule has 1 heterocycles. The van der Waals surface area contributed by atoms with E-state index in [2.05, 4.69) is 4.98 Å². The maximum Gasteiger partial charge on any atom is 0.338 e. The second-order valence-electron chi connectivity index (χ2n) is 4.16. The molecule has 1 N–H and O–H groups in total. The number of carboxylic acids is 1. The molecule has 1 aromatic heterocycles. The van der Waals surface area contributed by atoms with Gasteiger partial charge < -0.3 is 5.11 Å². The van der Waals surface area contributed by atoms with Crippen molar-refractivity contribution in [2.75, 3.05) is 0 Å². The number of aromatic carboxylic acids is 1. The van der Waals surface area contributed by atoms with Crippen LogP contribution in [0.1, 0.15) is 42.5 Å². The number of hydrogen-bond donors (Lipinski definition) is 1. The van der Waals surface area contributed by atoms with Gasteiger partial charge >= 0.3 is 5.97 Å². The van der Waals surface area contributed by atoms with Gasteiger partial charge in [0.05, 0.1) is 5.56 Å². The van der Waals surface area contributed by atoms with E-state index in [0.29, 0.717) is 5.25 Å². The third kappa shape index (κ3) is 2.97. The third-order valence-electron chi connectivity index (χ3n) is 2.92. The minimum atomic E-state index is -1.24. The summed E-state index contributed by atoms with van der Waals surface area (Å²) in [5.41, 5.74) is -0.293. The minimum Gasteiger partial charge on any atom is -0.478 e. The molecule has 0 aliphatic heterocycles. The standard InChI is InChI=1S/C12H14FNO2S/c13-10-9(12(15)16)6-7-14-11(10)17-8-4-2-1-3-5-8/h6-8H,1-5H2,(H,15,16). The lowest BCUT2D eigenvalue weighted by atomic mass is 10.0. The molecular weight excluding hydrogens is 241 g/mol. The Morgan fingerprint density at radius 2 is 2.12 bits per heavy atom. The van der Waals surface area contributed by atoms with Crippen molar-refractivity contribution in [2.45, 2.75) is 42.4 Å². The smallest absolute Gasteiger partial charge is 0.338 e. The van der Waals surface area contributed by atoms with Crippen molar-refractivity contribution >= 4 is 17.7 Å². The van der Waals surface area contributed by atoms with Gasteiger partial charge in [-0.25, -0.2) is 14.2 Å². The van der Waals surface area contributed by atoms with Crippen molar-refractivity contribution in [1.29, 1.82) is 0 Å². The van der Waals surface area contributed by atoms with Gasteiger partial charge in [0.1, 0.15) is 5.03 Å². The quantitative estimate of drug-likeness (QED) is 0.900. The Labute approximate surface area is 103 Å². The molecule has 3 nitrogen and oxygen atoms in total. The van der Waals surface area contributed by atoms with E-state index in [1.54, 1.807) is 0 Å². The molecule has 92 valence electrons. The van der Waals surface area contributed by atoms with Gasteiger partial charge in [-0.05, 0) is 18.9 Å². The number of aromatic nitrogens is 1. The summed E-state index contributed by atoms with van der Waals surface area (Å²) >= 11 is 1.37. The minimum absolute atomic E-state index is 0.219. The molecule has 0 aromatic carbocycles. The average Bonchev–Trinajstić information content (AvgIpc) is 2.33. The van der Waals surface area contributed by atoms with Gasteiger partial charge in [0, 0.05) is 11.4 Å². The fourth-order valence-corrected chi connectivity index (χ4v) is 3.23. The predicted octanol–water partition coefficient (Wildman–Crippen LogP) is 3.34. The number of hydrogen-bond acceptors (Lipinski definition) is 3. The number of carbonyl (C=O) groups is 1. The Kier molecular flexibility index (Phi) is 3.99. The molecule has 2 rings (SSSR count). The lowest BCUT2D eigenvalue weighted by Crippen LogP contribution is -2.10. The Morgan fingerprint density at radius 3 is 2.76 bits per heavy atom. The molecule has 1 aromatic rings. The van der Waals surface area contributed by atoms with Crippen LogP contribution in [0.15, 0.2) is 17.3 Å². The summed E-state index contributed by atoms with van der Waals surface area (Å²) in [4.78, 5) is 14.7. The lowest BCUT2D eigenvalue weighted by molar-refractivity contribution is 0.0691. The first kappa shape index (κ1) is 12.4. The van der Waals surface area contributed by atoms with Gasteiger partial charge in [-0.3, -0.25) is 0 Å². The monoisotopic (exact) mass is 255 g/mol. The topological polar surface area (TPSA) is 50.2 Å². The molecule has 0 spiro atoms. The number of thioether (sulfide) groups is 1. The number of halogens is 1. The van der Waals surface area contributed by atoms with Crippen molar-refractivity contribution in [3.63, 3.8) is 0 Å². The zero-order valence-electron chi connectivity index (χ0n) is 9.36. The molecule has 0 atom stereocenters. The van der Waals surface area contributed by atoms with Crippen LogP contribution in [-0.4, -0.2) is 21.3 Å². The molecule has 1 aliphatic rings. The first-order valence-electron chi connectivity index (χ1n) is 5.73. The summed E-state index contributed by atoms with van der Waals surface area (Å²) in [6, 6.07) is 1.20. The van der Waals surface area contributed by atoms with Crippen LogP contribution >= 0.6 is 11.8 Å². The van der Waals surface area contributed by atoms with Crippen LogP contribution in [0.2, 0.25) is 0 Å². The van der Waals surface area contributed by atoms with E-state index in [-0.39, 0.29) is 10.6 Å². The van der Waals surface area contributed by atoms with E-state index in [0.717, 1.165) is 25.7 Å². The van der Waals surface area contributed by atoms with Gasteiger partial charge in [0.25, 0.3) is 0 Å². The fourth-order valence-electron chi connectivity index (χ4n) is 2.01. The van der Waals surface area contributed by atoms with Crippen molar-refractivity contribution in [1.82, 2.24) is 4.98 Å². The average molecular weight is 255 g/mol. The molecule has 0 saturated heterocycles. The second kappa shape index (κ2) is 5.49. The van der Waals surface area contributed by atoms with E-state index in [1.165, 1.54) is 30.4 Å². The van der Waals surface area contributed by atoms with Crippen LogP contribution in [0, 0.1) is 5.82 Å². The number of pyridine rings is 1. The van der Waals surface area contributed by atoms with E-state index in [9.17, 15) is 9.18 Å². The maximum absolute atomic E-state index is 13.8. The molecule has 1 saturated carbocycles. The molecule has 1 fully saturated rings. The summed E-state index contributed by atoms with van der Waals surface area (Å²) in [5.74, 6) is -1.94. The van der Waals surface area contributed by atoms with Crippen molar-refractivity contribution in [3.05, 3.63) is 23.6 Å². The molecular formula is C12H14FNO2S. The van der Waals surface area contributed by atoms with Gasteiger partial charge in [-0.15, -0.1) is 11.8 Å². The summed E-state index contributed by atoms with van der Waals surface area (Å²) in [6.45, 7) is 0. The zero-order chi connectivity index (χ0) is 12.3. The van der Waals surface area contributed by atoms with Crippen LogP contribution in [0.3, 0.4) is 0 Å². The van der Waals surface area contributed by atoms with E-state index < -0.39 is 11.8 Å². The molecule has 0 bridgehead atoms.